The van der Waals surface area contributed by atoms with E-state index in [1.54, 1.807) is 0 Å². The molecule has 18 heavy (non-hydrogen) atoms. The van der Waals surface area contributed by atoms with Gasteiger partial charge in [-0.3, -0.25) is 0 Å². The molecule has 1 saturated carbocycles. The summed E-state index contributed by atoms with van der Waals surface area (Å²) in [5.74, 6) is 2.30. The lowest BCUT2D eigenvalue weighted by Crippen LogP contribution is -1.94. The zero-order chi connectivity index (χ0) is 12.7. The van der Waals surface area contributed by atoms with Crippen LogP contribution in [0.3, 0.4) is 0 Å². The first-order valence-electron chi connectivity index (χ1n) is 6.01. The maximum Gasteiger partial charge on any atom is 0.298 e. The summed E-state index contributed by atoms with van der Waals surface area (Å²) in [4.78, 5) is 4.41. The van der Waals surface area contributed by atoms with Crippen molar-refractivity contribution in [3.8, 4) is 10.9 Å². The van der Waals surface area contributed by atoms with Gasteiger partial charge in [0.15, 0.2) is 0 Å². The summed E-state index contributed by atoms with van der Waals surface area (Å²) in [5.41, 5.74) is 8.67. The molecule has 0 saturated heterocycles. The number of hydrogen-bond donors (Lipinski definition) is 1. The first-order valence-corrected chi connectivity index (χ1v) is 6.79. The van der Waals surface area contributed by atoms with Crippen LogP contribution in [-0.2, 0) is 0 Å². The largest absolute Gasteiger partial charge is 0.430 e. The van der Waals surface area contributed by atoms with Crippen molar-refractivity contribution in [2.45, 2.75) is 32.6 Å². The summed E-state index contributed by atoms with van der Waals surface area (Å²) < 4.78 is 10.1. The van der Waals surface area contributed by atoms with Gasteiger partial charge in [0.2, 0.25) is 0 Å². The normalized spacial score (nSPS) is 14.8. The summed E-state index contributed by atoms with van der Waals surface area (Å²) in [6.07, 6.45) is 2.41. The Labute approximate surface area is 110 Å². The molecule has 1 heterocycles. The number of hydrogen-bond acceptors (Lipinski definition) is 5. The topological polar surface area (TPSA) is 61.0 Å². The van der Waals surface area contributed by atoms with Crippen molar-refractivity contribution in [2.24, 2.45) is 0 Å². The van der Waals surface area contributed by atoms with Gasteiger partial charge in [0, 0.05) is 23.1 Å². The highest BCUT2D eigenvalue weighted by molar-refractivity contribution is 7.07. The highest BCUT2D eigenvalue weighted by Crippen LogP contribution is 2.40. The molecule has 0 atom stereocenters. The lowest BCUT2D eigenvalue weighted by Gasteiger charge is -2.08. The molecule has 0 unspecified atom stereocenters. The fourth-order valence-corrected chi connectivity index (χ4v) is 2.41. The second-order valence-electron chi connectivity index (χ2n) is 4.77. The molecule has 1 aliphatic rings. The number of nitrogen functional groups attached to an aromatic ring is 1. The fraction of sp³-hybridized carbons (Fsp3) is 0.385. The average molecular weight is 261 g/mol. The van der Waals surface area contributed by atoms with Crippen molar-refractivity contribution in [1.29, 1.82) is 0 Å². The number of benzene rings is 1. The Kier molecular flexibility index (Phi) is 2.70. The average Bonchev–Trinajstić information content (AvgIpc) is 3.07. The van der Waals surface area contributed by atoms with E-state index in [1.807, 2.05) is 26.0 Å². The Morgan fingerprint density at radius 1 is 1.28 bits per heavy atom. The second-order valence-corrected chi connectivity index (χ2v) is 5.48. The van der Waals surface area contributed by atoms with Crippen LogP contribution in [0.2, 0.25) is 0 Å². The van der Waals surface area contributed by atoms with Crippen LogP contribution in [0.4, 0.5) is 5.69 Å². The second kappa shape index (κ2) is 4.24. The van der Waals surface area contributed by atoms with E-state index in [-0.39, 0.29) is 0 Å². The minimum Gasteiger partial charge on any atom is -0.430 e. The summed E-state index contributed by atoms with van der Waals surface area (Å²) in [5, 5.41) is 0.615. The van der Waals surface area contributed by atoms with E-state index in [4.69, 9.17) is 10.5 Å². The number of rotatable bonds is 3. The van der Waals surface area contributed by atoms with Crippen molar-refractivity contribution in [2.75, 3.05) is 5.73 Å². The van der Waals surface area contributed by atoms with Crippen LogP contribution in [0, 0.1) is 13.8 Å². The number of aryl methyl sites for hydroxylation is 2. The zero-order valence-corrected chi connectivity index (χ0v) is 11.3. The summed E-state index contributed by atoms with van der Waals surface area (Å²) in [7, 11) is 0. The van der Waals surface area contributed by atoms with Crippen molar-refractivity contribution in [3.63, 3.8) is 0 Å². The molecule has 2 aromatic rings. The molecule has 1 aromatic carbocycles. The molecular weight excluding hydrogens is 246 g/mol. The Morgan fingerprint density at radius 2 is 2.06 bits per heavy atom. The highest BCUT2D eigenvalue weighted by atomic mass is 32.1. The van der Waals surface area contributed by atoms with E-state index in [1.165, 1.54) is 24.4 Å². The van der Waals surface area contributed by atoms with Crippen molar-refractivity contribution >= 4 is 17.2 Å². The van der Waals surface area contributed by atoms with Gasteiger partial charge in [0.05, 0.1) is 0 Å². The van der Waals surface area contributed by atoms with Crippen LogP contribution in [0.15, 0.2) is 12.1 Å². The van der Waals surface area contributed by atoms with Crippen LogP contribution in [0.1, 0.15) is 35.7 Å². The maximum absolute atomic E-state index is 5.85. The van der Waals surface area contributed by atoms with E-state index in [9.17, 15) is 0 Å². The third-order valence-corrected chi connectivity index (χ3v) is 3.74. The van der Waals surface area contributed by atoms with Crippen LogP contribution in [0.25, 0.3) is 0 Å². The van der Waals surface area contributed by atoms with Gasteiger partial charge in [0.25, 0.3) is 5.19 Å². The molecular formula is C13H15N3OS. The molecule has 0 radical (unpaired) electrons. The quantitative estimate of drug-likeness (QED) is 0.860. The van der Waals surface area contributed by atoms with Crippen LogP contribution < -0.4 is 10.5 Å². The molecule has 0 amide bonds. The van der Waals surface area contributed by atoms with E-state index >= 15 is 0 Å². The van der Waals surface area contributed by atoms with Crippen molar-refractivity contribution in [3.05, 3.63) is 29.1 Å². The number of aromatic nitrogens is 2. The Balaban J connectivity index is 1.84. The van der Waals surface area contributed by atoms with Gasteiger partial charge in [-0.1, -0.05) is 0 Å². The molecule has 1 aliphatic carbocycles. The monoisotopic (exact) mass is 261 g/mol. The third-order valence-electron chi connectivity index (χ3n) is 3.13. The smallest absolute Gasteiger partial charge is 0.298 e. The Bertz CT molecular complexity index is 590. The maximum atomic E-state index is 5.85. The summed E-state index contributed by atoms with van der Waals surface area (Å²) in [6.45, 7) is 3.95. The van der Waals surface area contributed by atoms with Gasteiger partial charge in [-0.2, -0.15) is 9.36 Å². The number of ether oxygens (including phenoxy) is 1. The molecule has 3 rings (SSSR count). The fourth-order valence-electron chi connectivity index (χ4n) is 1.79. The van der Waals surface area contributed by atoms with Gasteiger partial charge in [-0.05, 0) is 49.9 Å². The minimum absolute atomic E-state index is 0.563. The molecule has 0 aliphatic heterocycles. The van der Waals surface area contributed by atoms with Gasteiger partial charge in [-0.25, -0.2) is 0 Å². The van der Waals surface area contributed by atoms with Crippen LogP contribution >= 0.6 is 11.5 Å². The van der Waals surface area contributed by atoms with E-state index in [0.717, 1.165) is 28.4 Å². The van der Waals surface area contributed by atoms with Crippen LogP contribution in [0.5, 0.6) is 10.9 Å². The highest BCUT2D eigenvalue weighted by Gasteiger charge is 2.28. The summed E-state index contributed by atoms with van der Waals surface area (Å²) >= 11 is 1.32. The van der Waals surface area contributed by atoms with Gasteiger partial charge >= 0.3 is 0 Å². The van der Waals surface area contributed by atoms with Crippen molar-refractivity contribution in [1.82, 2.24) is 9.36 Å². The number of nitrogens with zero attached hydrogens (tertiary/aromatic N) is 2. The predicted octanol–water partition coefficient (Wildman–Crippen LogP) is 3.41. The predicted molar refractivity (Wildman–Crippen MR) is 72.3 cm³/mol. The lowest BCUT2D eigenvalue weighted by atomic mass is 10.1. The first kappa shape index (κ1) is 11.5. The molecule has 94 valence electrons. The number of nitrogens with two attached hydrogens (primary N) is 1. The lowest BCUT2D eigenvalue weighted by molar-refractivity contribution is 0.473. The van der Waals surface area contributed by atoms with Crippen molar-refractivity contribution < 1.29 is 4.74 Å². The molecule has 5 heteroatoms. The molecule has 4 nitrogen and oxygen atoms in total. The standard InChI is InChI=1S/C13H15N3OS/c1-7-6-11(8(2)5-10(7)14)17-13-15-12(16-18-13)9-3-4-9/h5-6,9H,3-4,14H2,1-2H3. The number of anilines is 1. The van der Waals surface area contributed by atoms with E-state index < -0.39 is 0 Å². The molecule has 2 N–H and O–H groups in total. The molecule has 0 bridgehead atoms. The molecule has 0 spiro atoms. The van der Waals surface area contributed by atoms with Gasteiger partial charge in [-0.15, -0.1) is 0 Å². The zero-order valence-electron chi connectivity index (χ0n) is 10.4. The minimum atomic E-state index is 0.563. The third kappa shape index (κ3) is 2.18. The Morgan fingerprint density at radius 3 is 2.78 bits per heavy atom. The Hall–Kier alpha value is -1.62. The van der Waals surface area contributed by atoms with E-state index in [2.05, 4.69) is 9.36 Å². The van der Waals surface area contributed by atoms with E-state index in [0.29, 0.717) is 11.1 Å². The molecule has 1 aromatic heterocycles. The molecule has 1 fully saturated rings. The van der Waals surface area contributed by atoms with Gasteiger partial charge < -0.3 is 10.5 Å². The van der Waals surface area contributed by atoms with Crippen LogP contribution in [-0.4, -0.2) is 9.36 Å². The first-order chi connectivity index (χ1) is 8.63. The SMILES string of the molecule is Cc1cc(Oc2nc(C3CC3)ns2)c(C)cc1N. The summed E-state index contributed by atoms with van der Waals surface area (Å²) in [6, 6.07) is 3.87. The van der Waals surface area contributed by atoms with Gasteiger partial charge in [0.1, 0.15) is 11.6 Å².